The molecule has 0 fully saturated rings. The van der Waals surface area contributed by atoms with E-state index >= 15 is 0 Å². The van der Waals surface area contributed by atoms with Gasteiger partial charge in [0.2, 0.25) is 0 Å². The van der Waals surface area contributed by atoms with Gasteiger partial charge in [0.25, 0.3) is 6.43 Å². The maximum atomic E-state index is 12.1. The Kier molecular flexibility index (Phi) is 1.95. The molecule has 0 saturated carbocycles. The van der Waals surface area contributed by atoms with Gasteiger partial charge in [-0.1, -0.05) is 0 Å². The SMILES string of the molecule is CC(O)(c1ccco1)C(F)F. The van der Waals surface area contributed by atoms with Gasteiger partial charge in [0.1, 0.15) is 5.76 Å². The normalized spacial score (nSPS) is 16.8. The van der Waals surface area contributed by atoms with Crippen molar-refractivity contribution in [2.24, 2.45) is 0 Å². The molecule has 1 aromatic heterocycles. The summed E-state index contributed by atoms with van der Waals surface area (Å²) in [5.74, 6) is -0.118. The lowest BCUT2D eigenvalue weighted by Gasteiger charge is -2.18. The fraction of sp³-hybridized carbons (Fsp3) is 0.429. The average molecular weight is 162 g/mol. The summed E-state index contributed by atoms with van der Waals surface area (Å²) in [5, 5.41) is 9.11. The van der Waals surface area contributed by atoms with Crippen LogP contribution in [-0.4, -0.2) is 11.5 Å². The van der Waals surface area contributed by atoms with E-state index in [0.29, 0.717) is 0 Å². The van der Waals surface area contributed by atoms with E-state index in [9.17, 15) is 8.78 Å². The first-order chi connectivity index (χ1) is 5.05. The van der Waals surface area contributed by atoms with E-state index in [0.717, 1.165) is 6.92 Å². The summed E-state index contributed by atoms with van der Waals surface area (Å²) in [6, 6.07) is 2.76. The highest BCUT2D eigenvalue weighted by Gasteiger charge is 2.36. The van der Waals surface area contributed by atoms with Crippen molar-refractivity contribution < 1.29 is 18.3 Å². The molecule has 11 heavy (non-hydrogen) atoms. The highest BCUT2D eigenvalue weighted by molar-refractivity contribution is 5.08. The molecular weight excluding hydrogens is 154 g/mol. The lowest BCUT2D eigenvalue weighted by atomic mass is 10.1. The fourth-order valence-electron chi connectivity index (χ4n) is 0.674. The summed E-state index contributed by atoms with van der Waals surface area (Å²) in [6.45, 7) is 1.01. The van der Waals surface area contributed by atoms with E-state index in [1.54, 1.807) is 0 Å². The molecule has 2 nitrogen and oxygen atoms in total. The van der Waals surface area contributed by atoms with Crippen molar-refractivity contribution in [1.82, 2.24) is 0 Å². The second-order valence-corrected chi connectivity index (χ2v) is 2.43. The number of hydrogen-bond donors (Lipinski definition) is 1. The number of hydrogen-bond acceptors (Lipinski definition) is 2. The van der Waals surface area contributed by atoms with E-state index < -0.39 is 12.0 Å². The van der Waals surface area contributed by atoms with Crippen molar-refractivity contribution in [3.05, 3.63) is 24.2 Å². The van der Waals surface area contributed by atoms with Crippen LogP contribution in [0.3, 0.4) is 0 Å². The van der Waals surface area contributed by atoms with Crippen molar-refractivity contribution >= 4 is 0 Å². The van der Waals surface area contributed by atoms with Gasteiger partial charge in [-0.15, -0.1) is 0 Å². The highest BCUT2D eigenvalue weighted by Crippen LogP contribution is 2.27. The minimum Gasteiger partial charge on any atom is -0.466 e. The first-order valence-electron chi connectivity index (χ1n) is 3.09. The Balaban J connectivity index is 2.90. The van der Waals surface area contributed by atoms with Crippen LogP contribution in [0.2, 0.25) is 0 Å². The van der Waals surface area contributed by atoms with E-state index in [4.69, 9.17) is 5.11 Å². The van der Waals surface area contributed by atoms with Crippen molar-refractivity contribution in [2.45, 2.75) is 19.0 Å². The Morgan fingerprint density at radius 2 is 2.27 bits per heavy atom. The predicted octanol–water partition coefficient (Wildman–Crippen LogP) is 1.75. The first kappa shape index (κ1) is 8.20. The van der Waals surface area contributed by atoms with Gasteiger partial charge in [-0.2, -0.15) is 0 Å². The molecule has 62 valence electrons. The summed E-state index contributed by atoms with van der Waals surface area (Å²) >= 11 is 0. The van der Waals surface area contributed by atoms with Gasteiger partial charge in [-0.3, -0.25) is 0 Å². The summed E-state index contributed by atoms with van der Waals surface area (Å²) < 4.78 is 28.8. The second kappa shape index (κ2) is 2.62. The van der Waals surface area contributed by atoms with Crippen LogP contribution in [0.25, 0.3) is 0 Å². The van der Waals surface area contributed by atoms with Crippen LogP contribution in [0.1, 0.15) is 12.7 Å². The van der Waals surface area contributed by atoms with Crippen LogP contribution in [0, 0.1) is 0 Å². The number of halogens is 2. The molecule has 0 aliphatic carbocycles. The second-order valence-electron chi connectivity index (χ2n) is 2.43. The minimum atomic E-state index is -2.84. The van der Waals surface area contributed by atoms with E-state index in [1.165, 1.54) is 18.4 Å². The van der Waals surface area contributed by atoms with E-state index in [-0.39, 0.29) is 5.76 Å². The Hall–Kier alpha value is -0.900. The van der Waals surface area contributed by atoms with Gasteiger partial charge in [-0.05, 0) is 19.1 Å². The molecule has 4 heteroatoms. The number of alkyl halides is 2. The molecule has 1 unspecified atom stereocenters. The van der Waals surface area contributed by atoms with Crippen molar-refractivity contribution in [3.8, 4) is 0 Å². The number of furan rings is 1. The molecule has 1 atom stereocenters. The third-order valence-corrected chi connectivity index (χ3v) is 1.44. The minimum absolute atomic E-state index is 0.118. The van der Waals surface area contributed by atoms with Crippen LogP contribution < -0.4 is 0 Å². The maximum absolute atomic E-state index is 12.1. The molecule has 0 radical (unpaired) electrons. The maximum Gasteiger partial charge on any atom is 0.273 e. The molecule has 0 aliphatic rings. The Morgan fingerprint density at radius 3 is 2.64 bits per heavy atom. The molecule has 1 N–H and O–H groups in total. The van der Waals surface area contributed by atoms with Gasteiger partial charge >= 0.3 is 0 Å². The molecule has 1 heterocycles. The standard InChI is InChI=1S/C7H8F2O2/c1-7(10,6(8)9)5-3-2-4-11-5/h2-4,6,10H,1H3. The van der Waals surface area contributed by atoms with E-state index in [2.05, 4.69) is 4.42 Å². The van der Waals surface area contributed by atoms with Gasteiger partial charge in [0.15, 0.2) is 5.60 Å². The third-order valence-electron chi connectivity index (χ3n) is 1.44. The Labute approximate surface area is 62.4 Å². The predicted molar refractivity (Wildman–Crippen MR) is 34.3 cm³/mol. The summed E-state index contributed by atoms with van der Waals surface area (Å²) in [4.78, 5) is 0. The van der Waals surface area contributed by atoms with Gasteiger partial charge < -0.3 is 9.52 Å². The van der Waals surface area contributed by atoms with Crippen molar-refractivity contribution in [2.75, 3.05) is 0 Å². The van der Waals surface area contributed by atoms with E-state index in [1.807, 2.05) is 0 Å². The van der Waals surface area contributed by atoms with Crippen LogP contribution in [0.5, 0.6) is 0 Å². The topological polar surface area (TPSA) is 33.4 Å². The quantitative estimate of drug-likeness (QED) is 0.718. The molecule has 0 bridgehead atoms. The largest absolute Gasteiger partial charge is 0.466 e. The zero-order chi connectivity index (χ0) is 8.48. The molecule has 0 spiro atoms. The summed E-state index contributed by atoms with van der Waals surface area (Å²) in [7, 11) is 0. The Bertz CT molecular complexity index is 216. The number of rotatable bonds is 2. The molecule has 0 aliphatic heterocycles. The van der Waals surface area contributed by atoms with Crippen LogP contribution in [-0.2, 0) is 5.60 Å². The zero-order valence-electron chi connectivity index (χ0n) is 5.92. The van der Waals surface area contributed by atoms with Gasteiger partial charge in [-0.25, -0.2) is 8.78 Å². The molecule has 0 aromatic carbocycles. The van der Waals surface area contributed by atoms with Crippen molar-refractivity contribution in [1.29, 1.82) is 0 Å². The summed E-state index contributed by atoms with van der Waals surface area (Å²) in [5.41, 5.74) is -2.18. The molecule has 0 amide bonds. The summed E-state index contributed by atoms with van der Waals surface area (Å²) in [6.07, 6.45) is -1.60. The van der Waals surface area contributed by atoms with Crippen LogP contribution in [0.4, 0.5) is 8.78 Å². The third kappa shape index (κ3) is 1.40. The zero-order valence-corrected chi connectivity index (χ0v) is 5.92. The average Bonchev–Trinajstić information content (AvgIpc) is 2.37. The first-order valence-corrected chi connectivity index (χ1v) is 3.09. The lowest BCUT2D eigenvalue weighted by molar-refractivity contribution is -0.101. The van der Waals surface area contributed by atoms with Crippen molar-refractivity contribution in [3.63, 3.8) is 0 Å². The van der Waals surface area contributed by atoms with Gasteiger partial charge in [0.05, 0.1) is 6.26 Å². The fourth-order valence-corrected chi connectivity index (χ4v) is 0.674. The smallest absolute Gasteiger partial charge is 0.273 e. The monoisotopic (exact) mass is 162 g/mol. The van der Waals surface area contributed by atoms with Crippen LogP contribution in [0.15, 0.2) is 22.8 Å². The molecular formula is C7H8F2O2. The van der Waals surface area contributed by atoms with Crippen LogP contribution >= 0.6 is 0 Å². The highest BCUT2D eigenvalue weighted by atomic mass is 19.3. The van der Waals surface area contributed by atoms with Gasteiger partial charge in [0, 0.05) is 0 Å². The number of aliphatic hydroxyl groups is 1. The Morgan fingerprint density at radius 1 is 1.64 bits per heavy atom. The molecule has 1 rings (SSSR count). The lowest BCUT2D eigenvalue weighted by Crippen LogP contribution is -2.29. The molecule has 1 aromatic rings. The molecule has 0 saturated heterocycles.